The highest BCUT2D eigenvalue weighted by Crippen LogP contribution is 1.81. The average molecular weight is 105 g/mol. The van der Waals surface area contributed by atoms with Crippen molar-refractivity contribution in [2.45, 2.75) is 6.42 Å². The van der Waals surface area contributed by atoms with Gasteiger partial charge in [0.05, 0.1) is 5.88 Å². The van der Waals surface area contributed by atoms with E-state index in [4.69, 9.17) is 18.5 Å². The van der Waals surface area contributed by atoms with Gasteiger partial charge in [-0.1, -0.05) is 0 Å². The van der Waals surface area contributed by atoms with E-state index >= 15 is 0 Å². The van der Waals surface area contributed by atoms with Gasteiger partial charge in [-0.05, 0) is 6.92 Å². The fourth-order valence-corrected chi connectivity index (χ4v) is 0.164. The van der Waals surface area contributed by atoms with Crippen molar-refractivity contribution in [2.24, 2.45) is 0 Å². The van der Waals surface area contributed by atoms with Gasteiger partial charge < -0.3 is 0 Å². The third kappa shape index (κ3) is 2.21. The van der Waals surface area contributed by atoms with Crippen molar-refractivity contribution in [1.29, 1.82) is 0 Å². The first-order valence-electron chi connectivity index (χ1n) is 1.59. The molecule has 0 amide bonds. The average Bonchev–Trinajstić information content (AvgIpc) is 1.65. The van der Waals surface area contributed by atoms with E-state index in [-0.39, 0.29) is 18.1 Å². The van der Waals surface area contributed by atoms with Crippen LogP contribution in [0.2, 0.25) is 0 Å². The van der Waals surface area contributed by atoms with Gasteiger partial charge in [0.15, 0.2) is 0 Å². The number of hydrogen-bond donors (Lipinski definition) is 0. The topological polar surface area (TPSA) is 17.1 Å². The maximum atomic E-state index is 9.92. The number of hydrogen-bond acceptors (Lipinski definition) is 1. The maximum absolute atomic E-state index is 9.92. The third-order valence-electron chi connectivity index (χ3n) is 0.377. The van der Waals surface area contributed by atoms with Crippen LogP contribution < -0.4 is 0 Å². The van der Waals surface area contributed by atoms with Crippen LogP contribution in [0.1, 0.15) is 6.42 Å². The molecule has 0 fully saturated rings. The molecule has 1 nitrogen and oxygen atoms in total. The second-order valence-corrected chi connectivity index (χ2v) is 1.14. The predicted molar refractivity (Wildman–Crippen MR) is 24.6 cm³/mol. The molecule has 34 valence electrons. The molecule has 0 aliphatic rings. The smallest absolute Gasteiger partial charge is 0.147 e. The van der Waals surface area contributed by atoms with E-state index in [9.17, 15) is 4.79 Å². The Morgan fingerprint density at radius 1 is 1.83 bits per heavy atom. The van der Waals surface area contributed by atoms with Crippen molar-refractivity contribution in [3.63, 3.8) is 0 Å². The van der Waals surface area contributed by atoms with Crippen molar-refractivity contribution in [3.05, 3.63) is 6.92 Å². The lowest BCUT2D eigenvalue weighted by Crippen LogP contribution is -1.93. The minimum absolute atomic E-state index is 0.0382. The van der Waals surface area contributed by atoms with E-state index < -0.39 is 0 Å². The summed E-state index contributed by atoms with van der Waals surface area (Å²) in [7, 11) is 0. The molecule has 0 aliphatic carbocycles. The van der Waals surface area contributed by atoms with Crippen molar-refractivity contribution in [2.75, 3.05) is 5.88 Å². The molecule has 0 aromatic carbocycles. The van der Waals surface area contributed by atoms with E-state index in [1.165, 1.54) is 0 Å². The standard InChI is InChI=1S/C4H5ClO/c1-2-4(6)3-5/h1H,2-3H2. The monoisotopic (exact) mass is 104 g/mol. The summed E-state index contributed by atoms with van der Waals surface area (Å²) in [5.74, 6) is -0.0760. The molecule has 0 saturated carbocycles. The Kier molecular flexibility index (Phi) is 3.14. The van der Waals surface area contributed by atoms with Crippen LogP contribution in [-0.2, 0) is 4.79 Å². The highest BCUT2D eigenvalue weighted by Gasteiger charge is 1.89. The van der Waals surface area contributed by atoms with Crippen LogP contribution in [0.25, 0.3) is 0 Å². The van der Waals surface area contributed by atoms with Gasteiger partial charge >= 0.3 is 0 Å². The molecular formula is C4H5ClO. The van der Waals surface area contributed by atoms with E-state index in [0.717, 1.165) is 0 Å². The fraction of sp³-hybridized carbons (Fsp3) is 0.500. The van der Waals surface area contributed by atoms with Crippen molar-refractivity contribution < 1.29 is 4.79 Å². The van der Waals surface area contributed by atoms with Gasteiger partial charge in [0.2, 0.25) is 0 Å². The minimum atomic E-state index is -0.114. The van der Waals surface area contributed by atoms with E-state index in [1.807, 2.05) is 0 Å². The zero-order valence-electron chi connectivity index (χ0n) is 3.28. The number of halogens is 1. The van der Waals surface area contributed by atoms with Crippen LogP contribution >= 0.6 is 11.6 Å². The van der Waals surface area contributed by atoms with Gasteiger partial charge in [0.25, 0.3) is 0 Å². The summed E-state index contributed by atoms with van der Waals surface area (Å²) in [5.41, 5.74) is 0. The molecule has 0 aromatic heterocycles. The minimum Gasteiger partial charge on any atom is -0.298 e. The first kappa shape index (κ1) is 5.96. The van der Waals surface area contributed by atoms with Gasteiger partial charge in [-0.25, -0.2) is 0 Å². The lowest BCUT2D eigenvalue weighted by Gasteiger charge is -1.79. The largest absolute Gasteiger partial charge is 0.298 e. The van der Waals surface area contributed by atoms with E-state index in [1.54, 1.807) is 0 Å². The molecule has 2 radical (unpaired) electrons. The molecule has 0 spiro atoms. The normalized spacial score (nSPS) is 8.33. The summed E-state index contributed by atoms with van der Waals surface area (Å²) in [6, 6.07) is 0. The Labute approximate surface area is 42.3 Å². The molecular weight excluding hydrogens is 99.5 g/mol. The first-order chi connectivity index (χ1) is 2.81. The van der Waals surface area contributed by atoms with Crippen LogP contribution in [-0.4, -0.2) is 11.7 Å². The fourth-order valence-electron chi connectivity index (χ4n) is 0.0546. The molecule has 0 bridgehead atoms. The van der Waals surface area contributed by atoms with Crippen LogP contribution in [0.15, 0.2) is 0 Å². The first-order valence-corrected chi connectivity index (χ1v) is 2.12. The summed E-state index contributed by atoms with van der Waals surface area (Å²) < 4.78 is 0. The number of Topliss-reactive ketones (excluding diaryl/α,β-unsaturated/α-hetero) is 1. The summed E-state index contributed by atoms with van der Waals surface area (Å²) in [4.78, 5) is 9.92. The van der Waals surface area contributed by atoms with E-state index in [2.05, 4.69) is 0 Å². The third-order valence-corrected chi connectivity index (χ3v) is 0.675. The molecule has 0 rings (SSSR count). The molecule has 0 aromatic rings. The number of rotatable bonds is 2. The molecule has 0 atom stereocenters. The Morgan fingerprint density at radius 2 is 2.33 bits per heavy atom. The van der Waals surface area contributed by atoms with Gasteiger partial charge in [0.1, 0.15) is 5.78 Å². The summed E-state index contributed by atoms with van der Waals surface area (Å²) >= 11 is 5.02. The van der Waals surface area contributed by atoms with Gasteiger partial charge in [-0.3, -0.25) is 4.79 Å². The molecule has 0 heterocycles. The van der Waals surface area contributed by atoms with Crippen molar-refractivity contribution in [1.82, 2.24) is 0 Å². The number of carbonyl (C=O) groups excluding carboxylic acids is 1. The number of ketones is 1. The number of alkyl halides is 1. The summed E-state index contributed by atoms with van der Waals surface area (Å²) in [5, 5.41) is 0. The Balaban J connectivity index is 2.99. The lowest BCUT2D eigenvalue weighted by atomic mass is 10.4. The Hall–Kier alpha value is -0.0400. The molecule has 6 heavy (non-hydrogen) atoms. The SMILES string of the molecule is [CH]CC(=O)CCl. The Morgan fingerprint density at radius 3 is 2.33 bits per heavy atom. The van der Waals surface area contributed by atoms with Crippen LogP contribution in [0.4, 0.5) is 0 Å². The number of carbonyl (C=O) groups is 1. The van der Waals surface area contributed by atoms with Gasteiger partial charge in [-0.2, -0.15) is 0 Å². The maximum Gasteiger partial charge on any atom is 0.147 e. The summed E-state index contributed by atoms with van der Waals surface area (Å²) in [6.45, 7) is 4.85. The zero-order chi connectivity index (χ0) is 4.99. The highest BCUT2D eigenvalue weighted by molar-refractivity contribution is 6.27. The highest BCUT2D eigenvalue weighted by atomic mass is 35.5. The zero-order valence-corrected chi connectivity index (χ0v) is 4.03. The quantitative estimate of drug-likeness (QED) is 0.476. The van der Waals surface area contributed by atoms with Crippen molar-refractivity contribution >= 4 is 17.4 Å². The molecule has 0 saturated heterocycles. The van der Waals surface area contributed by atoms with Crippen LogP contribution in [0.3, 0.4) is 0 Å². The summed E-state index contributed by atoms with van der Waals surface area (Å²) in [6.07, 6.45) is 0.0590. The van der Waals surface area contributed by atoms with Gasteiger partial charge in [0, 0.05) is 6.42 Å². The second-order valence-electron chi connectivity index (χ2n) is 0.876. The van der Waals surface area contributed by atoms with Crippen LogP contribution in [0.5, 0.6) is 0 Å². The Bertz CT molecular complexity index is 45.5. The molecule has 0 aliphatic heterocycles. The van der Waals surface area contributed by atoms with Crippen molar-refractivity contribution in [3.8, 4) is 0 Å². The predicted octanol–water partition coefficient (Wildman–Crippen LogP) is 0.895. The van der Waals surface area contributed by atoms with E-state index in [0.29, 0.717) is 0 Å². The molecule has 0 N–H and O–H groups in total. The van der Waals surface area contributed by atoms with Gasteiger partial charge in [-0.15, -0.1) is 11.6 Å². The molecule has 0 unspecified atom stereocenters. The second kappa shape index (κ2) is 3.16. The lowest BCUT2D eigenvalue weighted by molar-refractivity contribution is -0.115. The molecule has 2 heteroatoms. The van der Waals surface area contributed by atoms with Crippen LogP contribution in [0, 0.1) is 6.92 Å².